The summed E-state index contributed by atoms with van der Waals surface area (Å²) in [5.74, 6) is 0.501. The Morgan fingerprint density at radius 3 is 2.56 bits per heavy atom. The number of rotatable bonds is 6. The molecule has 0 aromatic carbocycles. The molecule has 0 radical (unpaired) electrons. The molecule has 0 aliphatic heterocycles. The number of aryl methyl sites for hydroxylation is 2. The second kappa shape index (κ2) is 8.69. The molecule has 0 saturated heterocycles. The molecule has 2 heterocycles. The molecule has 0 amide bonds. The molecule has 0 unspecified atom stereocenters. The lowest BCUT2D eigenvalue weighted by Crippen LogP contribution is -2.39. The predicted molar refractivity (Wildman–Crippen MR) is 96.4 cm³/mol. The van der Waals surface area contributed by atoms with Crippen LogP contribution >= 0.6 is 0 Å². The van der Waals surface area contributed by atoms with E-state index in [9.17, 15) is 13.2 Å². The number of aromatic nitrogens is 4. The fourth-order valence-corrected chi connectivity index (χ4v) is 2.42. The highest BCUT2D eigenvalue weighted by atomic mass is 19.4. The third-order valence-electron chi connectivity index (χ3n) is 3.96. The molecule has 2 rings (SSSR count). The van der Waals surface area contributed by atoms with Crippen LogP contribution in [0.1, 0.15) is 22.6 Å². The molecule has 0 fully saturated rings. The summed E-state index contributed by atoms with van der Waals surface area (Å²) in [5, 5.41) is 13.4. The zero-order valence-corrected chi connectivity index (χ0v) is 15.6. The number of nitrogens with one attached hydrogen (secondary N) is 3. The quantitative estimate of drug-likeness (QED) is 0.398. The molecule has 0 atom stereocenters. The summed E-state index contributed by atoms with van der Waals surface area (Å²) in [6.07, 6.45) is -3.42. The number of alkyl halides is 3. The second-order valence-corrected chi connectivity index (χ2v) is 5.82. The Hall–Kier alpha value is -2.85. The maximum absolute atomic E-state index is 12.6. The van der Waals surface area contributed by atoms with E-state index in [4.69, 9.17) is 0 Å². The molecular weight excluding hydrogens is 361 g/mol. The average Bonchev–Trinajstić information content (AvgIpc) is 2.86. The third-order valence-corrected chi connectivity index (χ3v) is 3.96. The highest BCUT2D eigenvalue weighted by Gasteiger charge is 2.32. The first kappa shape index (κ1) is 20.5. The maximum Gasteiger partial charge on any atom is 0.433 e. The highest BCUT2D eigenvalue weighted by Crippen LogP contribution is 2.27. The van der Waals surface area contributed by atoms with Gasteiger partial charge in [-0.15, -0.1) is 0 Å². The molecule has 3 N–H and O–H groups in total. The summed E-state index contributed by atoms with van der Waals surface area (Å²) in [6, 6.07) is 0.831. The molecule has 0 aliphatic carbocycles. The maximum atomic E-state index is 12.6. The third kappa shape index (κ3) is 5.56. The van der Waals surface area contributed by atoms with Crippen LogP contribution in [0.4, 0.5) is 19.1 Å². The Morgan fingerprint density at radius 2 is 1.96 bits per heavy atom. The van der Waals surface area contributed by atoms with Gasteiger partial charge in [-0.1, -0.05) is 0 Å². The first-order valence-corrected chi connectivity index (χ1v) is 8.30. The Balaban J connectivity index is 1.80. The van der Waals surface area contributed by atoms with Crippen molar-refractivity contribution in [2.24, 2.45) is 12.0 Å². The Kier molecular flexibility index (Phi) is 6.59. The van der Waals surface area contributed by atoms with E-state index in [2.05, 4.69) is 36.0 Å². The lowest BCUT2D eigenvalue weighted by Gasteiger charge is -2.13. The average molecular weight is 384 g/mol. The minimum Gasteiger partial charge on any atom is -0.355 e. The molecule has 2 aromatic rings. The molecule has 0 saturated carbocycles. The van der Waals surface area contributed by atoms with Crippen LogP contribution in [0.5, 0.6) is 0 Å². The van der Waals surface area contributed by atoms with E-state index in [1.165, 1.54) is 0 Å². The second-order valence-electron chi connectivity index (χ2n) is 5.82. The van der Waals surface area contributed by atoms with Crippen molar-refractivity contribution >= 4 is 11.9 Å². The summed E-state index contributed by atoms with van der Waals surface area (Å²) in [7, 11) is 3.53. The van der Waals surface area contributed by atoms with Crippen molar-refractivity contribution in [2.45, 2.75) is 26.6 Å². The van der Waals surface area contributed by atoms with Crippen molar-refractivity contribution in [3.63, 3.8) is 0 Å². The van der Waals surface area contributed by atoms with Gasteiger partial charge in [-0.05, 0) is 19.9 Å². The monoisotopic (exact) mass is 384 g/mol. The molecule has 8 nitrogen and oxygen atoms in total. The van der Waals surface area contributed by atoms with Crippen LogP contribution in [0.2, 0.25) is 0 Å². The molecule has 11 heteroatoms. The first-order valence-electron chi connectivity index (χ1n) is 8.30. The van der Waals surface area contributed by atoms with Crippen molar-refractivity contribution in [2.75, 3.05) is 25.5 Å². The van der Waals surface area contributed by atoms with Gasteiger partial charge >= 0.3 is 6.18 Å². The minimum absolute atomic E-state index is 0.0730. The van der Waals surface area contributed by atoms with E-state index in [0.717, 1.165) is 29.2 Å². The van der Waals surface area contributed by atoms with Gasteiger partial charge in [-0.25, -0.2) is 9.97 Å². The summed E-state index contributed by atoms with van der Waals surface area (Å²) in [5.41, 5.74) is 2.13. The van der Waals surface area contributed by atoms with E-state index in [1.54, 1.807) is 7.05 Å². The van der Waals surface area contributed by atoms with E-state index in [1.807, 2.05) is 25.6 Å². The summed E-state index contributed by atoms with van der Waals surface area (Å²) < 4.78 is 39.7. The summed E-state index contributed by atoms with van der Waals surface area (Å²) in [6.45, 7) is 5.25. The number of hydrogen-bond donors (Lipinski definition) is 3. The molecule has 0 spiro atoms. The fourth-order valence-electron chi connectivity index (χ4n) is 2.42. The highest BCUT2D eigenvalue weighted by molar-refractivity contribution is 5.79. The van der Waals surface area contributed by atoms with Gasteiger partial charge in [0.05, 0.1) is 5.69 Å². The van der Waals surface area contributed by atoms with E-state index in [0.29, 0.717) is 25.6 Å². The molecule has 27 heavy (non-hydrogen) atoms. The molecule has 148 valence electrons. The summed E-state index contributed by atoms with van der Waals surface area (Å²) >= 11 is 0. The fraction of sp³-hybridized carbons (Fsp3) is 0.500. The van der Waals surface area contributed by atoms with Crippen molar-refractivity contribution in [3.8, 4) is 0 Å². The number of guanidine groups is 1. The van der Waals surface area contributed by atoms with Crippen LogP contribution in [0.25, 0.3) is 0 Å². The topological polar surface area (TPSA) is 92.1 Å². The van der Waals surface area contributed by atoms with E-state index >= 15 is 0 Å². The van der Waals surface area contributed by atoms with Gasteiger partial charge in [0, 0.05) is 51.2 Å². The smallest absolute Gasteiger partial charge is 0.355 e. The Bertz CT molecular complexity index is 797. The number of halogens is 3. The van der Waals surface area contributed by atoms with Crippen LogP contribution in [0.3, 0.4) is 0 Å². The van der Waals surface area contributed by atoms with Crippen molar-refractivity contribution in [1.82, 2.24) is 30.4 Å². The number of aliphatic imine (C=N–C) groups is 1. The Morgan fingerprint density at radius 1 is 1.22 bits per heavy atom. The zero-order chi connectivity index (χ0) is 20.0. The van der Waals surface area contributed by atoms with E-state index in [-0.39, 0.29) is 5.95 Å². The van der Waals surface area contributed by atoms with Gasteiger partial charge in [0.1, 0.15) is 5.69 Å². The normalized spacial score (nSPS) is 12.2. The molecule has 0 aliphatic rings. The van der Waals surface area contributed by atoms with Gasteiger partial charge in [-0.3, -0.25) is 9.67 Å². The van der Waals surface area contributed by atoms with Crippen molar-refractivity contribution in [3.05, 3.63) is 34.9 Å². The lowest BCUT2D eigenvalue weighted by molar-refractivity contribution is -0.141. The number of hydrogen-bond acceptors (Lipinski definition) is 5. The first-order chi connectivity index (χ1) is 12.7. The molecule has 2 aromatic heterocycles. The zero-order valence-electron chi connectivity index (χ0n) is 15.6. The van der Waals surface area contributed by atoms with Gasteiger partial charge in [0.25, 0.3) is 0 Å². The minimum atomic E-state index is -4.49. The van der Waals surface area contributed by atoms with Crippen molar-refractivity contribution in [1.29, 1.82) is 0 Å². The standard InChI is InChI=1S/C16H23F3N8/c1-10-12(11(2)27(4)26-10)9-24-14(20-3)22-7-8-23-15-21-6-5-13(25-15)16(17,18)19/h5-6H,7-9H2,1-4H3,(H2,20,22,24)(H,21,23,25). The Labute approximate surface area is 155 Å². The van der Waals surface area contributed by atoms with Crippen LogP contribution in [0, 0.1) is 13.8 Å². The number of nitrogens with zero attached hydrogens (tertiary/aromatic N) is 5. The SMILES string of the molecule is CN=C(NCCNc1nccc(C(F)(F)F)n1)NCc1c(C)nn(C)c1C. The van der Waals surface area contributed by atoms with Crippen molar-refractivity contribution < 1.29 is 13.2 Å². The van der Waals surface area contributed by atoms with Gasteiger partial charge < -0.3 is 16.0 Å². The van der Waals surface area contributed by atoms with Crippen LogP contribution in [0.15, 0.2) is 17.3 Å². The number of anilines is 1. The van der Waals surface area contributed by atoms with Gasteiger partial charge in [-0.2, -0.15) is 18.3 Å². The van der Waals surface area contributed by atoms with Crippen LogP contribution in [-0.2, 0) is 19.8 Å². The van der Waals surface area contributed by atoms with Crippen LogP contribution in [-0.4, -0.2) is 45.8 Å². The molecule has 0 bridgehead atoms. The largest absolute Gasteiger partial charge is 0.433 e. The van der Waals surface area contributed by atoms with E-state index < -0.39 is 11.9 Å². The van der Waals surface area contributed by atoms with Gasteiger partial charge in [0.2, 0.25) is 5.95 Å². The van der Waals surface area contributed by atoms with Crippen LogP contribution < -0.4 is 16.0 Å². The summed E-state index contributed by atoms with van der Waals surface area (Å²) in [4.78, 5) is 11.4. The molecular formula is C16H23F3N8. The predicted octanol–water partition coefficient (Wildman–Crippen LogP) is 1.62. The lowest BCUT2D eigenvalue weighted by atomic mass is 10.2. The van der Waals surface area contributed by atoms with Gasteiger partial charge in [0.15, 0.2) is 5.96 Å².